The van der Waals surface area contributed by atoms with Gasteiger partial charge in [0.25, 0.3) is 0 Å². The van der Waals surface area contributed by atoms with Gasteiger partial charge in [0.1, 0.15) is 11.6 Å². The van der Waals surface area contributed by atoms with E-state index in [2.05, 4.69) is 9.55 Å². The van der Waals surface area contributed by atoms with Crippen LogP contribution in [0, 0.1) is 5.82 Å². The van der Waals surface area contributed by atoms with Crippen LogP contribution in [0.25, 0.3) is 10.9 Å². The Hall–Kier alpha value is -2.36. The van der Waals surface area contributed by atoms with Crippen molar-refractivity contribution >= 4 is 10.9 Å². The smallest absolute Gasteiger partial charge is 0.141 e. The Morgan fingerprint density at radius 1 is 1.20 bits per heavy atom. The topological polar surface area (TPSA) is 27.1 Å². The van der Waals surface area contributed by atoms with Crippen molar-refractivity contribution in [2.45, 2.75) is 13.5 Å². The number of ether oxygens (including phenoxy) is 1. The summed E-state index contributed by atoms with van der Waals surface area (Å²) in [6.07, 6.45) is 4.89. The van der Waals surface area contributed by atoms with E-state index >= 15 is 0 Å². The molecule has 0 saturated carbocycles. The average Bonchev–Trinajstić information content (AvgIpc) is 2.82. The molecule has 0 fully saturated rings. The highest BCUT2D eigenvalue weighted by atomic mass is 19.1. The maximum Gasteiger partial charge on any atom is 0.141 e. The Morgan fingerprint density at radius 2 is 2.10 bits per heavy atom. The minimum absolute atomic E-state index is 0.308. The number of pyridine rings is 1. The van der Waals surface area contributed by atoms with E-state index < -0.39 is 0 Å². The molecule has 3 rings (SSSR count). The van der Waals surface area contributed by atoms with Gasteiger partial charge in [-0.25, -0.2) is 4.39 Å². The SMILES string of the molecule is CCOc1ccc2c(ccn2Cc2cncc(F)c2)c1. The van der Waals surface area contributed by atoms with E-state index in [0.29, 0.717) is 13.2 Å². The maximum atomic E-state index is 13.2. The van der Waals surface area contributed by atoms with Crippen molar-refractivity contribution in [3.8, 4) is 5.75 Å². The summed E-state index contributed by atoms with van der Waals surface area (Å²) < 4.78 is 20.7. The summed E-state index contributed by atoms with van der Waals surface area (Å²) in [4.78, 5) is 3.87. The average molecular weight is 270 g/mol. The number of hydrogen-bond acceptors (Lipinski definition) is 2. The molecule has 0 amide bonds. The highest BCUT2D eigenvalue weighted by Gasteiger charge is 2.04. The molecule has 0 saturated heterocycles. The van der Waals surface area contributed by atoms with Gasteiger partial charge < -0.3 is 9.30 Å². The Morgan fingerprint density at radius 3 is 2.90 bits per heavy atom. The van der Waals surface area contributed by atoms with Gasteiger partial charge in [-0.3, -0.25) is 4.98 Å². The van der Waals surface area contributed by atoms with Crippen molar-refractivity contribution in [1.29, 1.82) is 0 Å². The number of rotatable bonds is 4. The summed E-state index contributed by atoms with van der Waals surface area (Å²) >= 11 is 0. The molecule has 1 aromatic carbocycles. The fourth-order valence-electron chi connectivity index (χ4n) is 2.31. The molecule has 2 aromatic heterocycles. The van der Waals surface area contributed by atoms with Gasteiger partial charge in [0.15, 0.2) is 0 Å². The Labute approximate surface area is 116 Å². The third-order valence-corrected chi connectivity index (χ3v) is 3.17. The molecule has 2 heterocycles. The number of benzene rings is 1. The lowest BCUT2D eigenvalue weighted by atomic mass is 10.2. The molecular weight excluding hydrogens is 255 g/mol. The Kier molecular flexibility index (Phi) is 3.37. The van der Waals surface area contributed by atoms with Crippen molar-refractivity contribution in [3.63, 3.8) is 0 Å². The molecule has 0 aliphatic carbocycles. The van der Waals surface area contributed by atoms with Crippen LogP contribution in [-0.2, 0) is 6.54 Å². The first-order valence-electron chi connectivity index (χ1n) is 6.57. The summed E-state index contributed by atoms with van der Waals surface area (Å²) in [7, 11) is 0. The third-order valence-electron chi connectivity index (χ3n) is 3.17. The van der Waals surface area contributed by atoms with Crippen LogP contribution < -0.4 is 4.74 Å². The second-order valence-corrected chi connectivity index (χ2v) is 4.61. The summed E-state index contributed by atoms with van der Waals surface area (Å²) in [5.41, 5.74) is 1.94. The van der Waals surface area contributed by atoms with E-state index in [1.807, 2.05) is 37.4 Å². The number of nitrogens with zero attached hydrogens (tertiary/aromatic N) is 2. The van der Waals surface area contributed by atoms with Crippen molar-refractivity contribution < 1.29 is 9.13 Å². The number of halogens is 1. The number of fused-ring (bicyclic) bond motifs is 1. The summed E-state index contributed by atoms with van der Waals surface area (Å²) in [5.74, 6) is 0.558. The molecule has 0 spiro atoms. The predicted octanol–water partition coefficient (Wildman–Crippen LogP) is 3.62. The highest BCUT2D eigenvalue weighted by molar-refractivity contribution is 5.81. The van der Waals surface area contributed by atoms with Crippen molar-refractivity contribution in [2.75, 3.05) is 6.61 Å². The van der Waals surface area contributed by atoms with Crippen LogP contribution in [0.2, 0.25) is 0 Å². The molecular formula is C16H15FN2O. The van der Waals surface area contributed by atoms with Gasteiger partial charge in [-0.2, -0.15) is 0 Å². The molecule has 0 N–H and O–H groups in total. The van der Waals surface area contributed by atoms with Gasteiger partial charge in [0, 0.05) is 29.8 Å². The predicted molar refractivity (Wildman–Crippen MR) is 76.4 cm³/mol. The molecule has 3 nitrogen and oxygen atoms in total. The first kappa shape index (κ1) is 12.7. The van der Waals surface area contributed by atoms with E-state index in [4.69, 9.17) is 4.74 Å². The molecule has 102 valence electrons. The van der Waals surface area contributed by atoms with Crippen LogP contribution in [0.4, 0.5) is 4.39 Å². The third kappa shape index (κ3) is 2.50. The Balaban J connectivity index is 1.92. The summed E-state index contributed by atoms with van der Waals surface area (Å²) in [5, 5.41) is 1.11. The normalized spacial score (nSPS) is 10.9. The van der Waals surface area contributed by atoms with Crippen molar-refractivity contribution in [1.82, 2.24) is 9.55 Å². The zero-order valence-electron chi connectivity index (χ0n) is 11.2. The first-order valence-corrected chi connectivity index (χ1v) is 6.57. The number of hydrogen-bond donors (Lipinski definition) is 0. The lowest BCUT2D eigenvalue weighted by Crippen LogP contribution is -1.99. The van der Waals surface area contributed by atoms with Crippen LogP contribution in [0.15, 0.2) is 48.9 Å². The zero-order chi connectivity index (χ0) is 13.9. The monoisotopic (exact) mass is 270 g/mol. The van der Waals surface area contributed by atoms with E-state index in [-0.39, 0.29) is 5.82 Å². The van der Waals surface area contributed by atoms with E-state index in [0.717, 1.165) is 22.2 Å². The molecule has 0 unspecified atom stereocenters. The maximum absolute atomic E-state index is 13.2. The van der Waals surface area contributed by atoms with Gasteiger partial charge in [-0.05, 0) is 42.8 Å². The molecule has 4 heteroatoms. The molecule has 0 radical (unpaired) electrons. The minimum atomic E-state index is -0.308. The molecule has 0 bridgehead atoms. The second-order valence-electron chi connectivity index (χ2n) is 4.61. The molecule has 3 aromatic rings. The van der Waals surface area contributed by atoms with Gasteiger partial charge >= 0.3 is 0 Å². The van der Waals surface area contributed by atoms with Crippen LogP contribution in [0.3, 0.4) is 0 Å². The van der Waals surface area contributed by atoms with Gasteiger partial charge in [-0.15, -0.1) is 0 Å². The van der Waals surface area contributed by atoms with E-state index in [9.17, 15) is 4.39 Å². The van der Waals surface area contributed by atoms with Crippen molar-refractivity contribution in [2.24, 2.45) is 0 Å². The minimum Gasteiger partial charge on any atom is -0.494 e. The number of aromatic nitrogens is 2. The zero-order valence-corrected chi connectivity index (χ0v) is 11.2. The molecule has 20 heavy (non-hydrogen) atoms. The lowest BCUT2D eigenvalue weighted by molar-refractivity contribution is 0.340. The van der Waals surface area contributed by atoms with Crippen LogP contribution in [0.5, 0.6) is 5.75 Å². The Bertz CT molecular complexity index is 736. The molecule has 0 aliphatic heterocycles. The largest absolute Gasteiger partial charge is 0.494 e. The van der Waals surface area contributed by atoms with Crippen molar-refractivity contribution in [3.05, 3.63) is 60.3 Å². The fraction of sp³-hybridized carbons (Fsp3) is 0.188. The highest BCUT2D eigenvalue weighted by Crippen LogP contribution is 2.22. The van der Waals surface area contributed by atoms with Gasteiger partial charge in [0.05, 0.1) is 12.8 Å². The summed E-state index contributed by atoms with van der Waals surface area (Å²) in [6.45, 7) is 3.22. The quantitative estimate of drug-likeness (QED) is 0.724. The van der Waals surface area contributed by atoms with Crippen LogP contribution in [0.1, 0.15) is 12.5 Å². The molecule has 0 aliphatic rings. The van der Waals surface area contributed by atoms with E-state index in [1.54, 1.807) is 6.20 Å². The first-order chi connectivity index (χ1) is 9.76. The van der Waals surface area contributed by atoms with Gasteiger partial charge in [0.2, 0.25) is 0 Å². The lowest BCUT2D eigenvalue weighted by Gasteiger charge is -2.07. The van der Waals surface area contributed by atoms with E-state index in [1.165, 1.54) is 12.3 Å². The van der Waals surface area contributed by atoms with Crippen LogP contribution >= 0.6 is 0 Å². The molecule has 0 atom stereocenters. The standard InChI is InChI=1S/C16H15FN2O/c1-2-20-15-3-4-16-13(8-15)5-6-19(16)11-12-7-14(17)10-18-9-12/h3-10H,2,11H2,1H3. The second kappa shape index (κ2) is 5.33. The van der Waals surface area contributed by atoms with Crippen LogP contribution in [-0.4, -0.2) is 16.2 Å². The fourth-order valence-corrected chi connectivity index (χ4v) is 2.31. The summed E-state index contributed by atoms with van der Waals surface area (Å²) in [6, 6.07) is 9.52. The van der Waals surface area contributed by atoms with Gasteiger partial charge in [-0.1, -0.05) is 0 Å².